The van der Waals surface area contributed by atoms with Crippen molar-refractivity contribution in [3.05, 3.63) is 90.1 Å². The van der Waals surface area contributed by atoms with Gasteiger partial charge in [0, 0.05) is 114 Å². The number of nitrogens with zero attached hydrogens (tertiary/aromatic N) is 2. The Labute approximate surface area is 829 Å². The molecule has 0 unspecified atom stereocenters. The Hall–Kier alpha value is -13.6. The number of H-pyrrole nitrogens is 2. The zero-order chi connectivity index (χ0) is 105. The lowest BCUT2D eigenvalue weighted by Gasteiger charge is -2.31. The lowest BCUT2D eigenvalue weighted by molar-refractivity contribution is -0.143. The van der Waals surface area contributed by atoms with Crippen LogP contribution in [0.4, 0.5) is 0 Å². The monoisotopic (exact) mass is 2010 g/mol. The zero-order valence-corrected chi connectivity index (χ0v) is 81.3. The number of fused-ring (bicyclic) bond motifs is 2. The number of aliphatic carboxylic acids is 2. The molecular formula is C95H145N23O25. The second kappa shape index (κ2) is 65.5. The molecule has 143 heavy (non-hydrogen) atoms. The number of primary amides is 1. The van der Waals surface area contributed by atoms with Crippen LogP contribution in [-0.2, 0) is 120 Å². The minimum Gasteiger partial charge on any atom is -0.481 e. The molecule has 0 aliphatic carbocycles. The Balaban J connectivity index is 1.08. The first-order valence-corrected chi connectivity index (χ1v) is 49.0. The molecule has 28 N–H and O–H groups in total. The molecule has 4 aromatic rings. The first-order valence-electron chi connectivity index (χ1n) is 49.0. The molecule has 2 saturated heterocycles. The number of ketones is 1. The summed E-state index contributed by atoms with van der Waals surface area (Å²) >= 11 is 0. The molecule has 0 radical (unpaired) electrons. The molecule has 16 amide bonds. The van der Waals surface area contributed by atoms with E-state index < -0.39 is 256 Å². The Morgan fingerprint density at radius 2 is 1.14 bits per heavy atom. The van der Waals surface area contributed by atoms with Crippen LogP contribution < -0.4 is 97.0 Å². The number of imidazole rings is 1. The van der Waals surface area contributed by atoms with Gasteiger partial charge in [-0.05, 0) is 94.7 Å². The largest absolute Gasteiger partial charge is 0.481 e. The number of para-hydroxylation sites is 1. The number of rotatable bonds is 60. The van der Waals surface area contributed by atoms with Gasteiger partial charge in [0.25, 0.3) is 0 Å². The van der Waals surface area contributed by atoms with Gasteiger partial charge in [0.2, 0.25) is 94.5 Å². The van der Waals surface area contributed by atoms with E-state index in [9.17, 15) is 92.0 Å². The normalized spacial score (nSPS) is 18.6. The van der Waals surface area contributed by atoms with Crippen molar-refractivity contribution in [2.75, 3.05) is 72.3 Å². The summed E-state index contributed by atoms with van der Waals surface area (Å²) in [6.45, 7) is -0.790. The molecule has 2 aromatic carbocycles. The van der Waals surface area contributed by atoms with Gasteiger partial charge in [0.1, 0.15) is 73.1 Å². The molecule has 6 rings (SSSR count). The summed E-state index contributed by atoms with van der Waals surface area (Å²) in [7, 11) is 0. The third kappa shape index (κ3) is 45.5. The van der Waals surface area contributed by atoms with Crippen LogP contribution in [0.5, 0.6) is 0 Å². The summed E-state index contributed by atoms with van der Waals surface area (Å²) in [6, 6.07) is -2.70. The SMILES string of the molecule is CCCC[C@H](NC(=O)[C@H](CN)NC(=O)[C@H](Cc1c[nH]cn1)NC(=O)[C@@H](CCC(N)=O)NC(=O)[C@H](CO)NC(=O)CNC(=O)COCCOCCNC(=O)[C@@H](CCC(=O)O)NC(=O)CCCCCCCCCCCCCCC(=O)O)C(=O)N[C@H]1CCC(=O)NCCCC[C@@H](C(C)=O)NC(=O)[C@H](Cc2c[nH]c3ccccc23)NC(=O)[C@H](CCCNC(=N)N)NC(=O)[C@@H](Cc2ccccc2)NC(=O)[C@@H]2C[C@@H](O)CN2C1=O. The van der Waals surface area contributed by atoms with E-state index in [0.29, 0.717) is 30.4 Å². The number of carboxylic acid groups (broad SMARTS) is 2. The van der Waals surface area contributed by atoms with E-state index in [2.05, 4.69) is 94.7 Å². The molecule has 0 bridgehead atoms. The molecular weight excluding hydrogens is 1860 g/mol. The summed E-state index contributed by atoms with van der Waals surface area (Å²) in [5, 5.41) is 87.0. The third-order valence-corrected chi connectivity index (χ3v) is 24.0. The maximum absolute atomic E-state index is 15.4. The van der Waals surface area contributed by atoms with Crippen molar-refractivity contribution < 1.29 is 121 Å². The number of hydrogen-bond acceptors (Lipinski definition) is 26. The number of carbonyl (C=O) groups excluding carboxylic acids is 17. The predicted molar refractivity (Wildman–Crippen MR) is 519 cm³/mol. The van der Waals surface area contributed by atoms with Crippen molar-refractivity contribution in [3.63, 3.8) is 0 Å². The third-order valence-electron chi connectivity index (χ3n) is 24.0. The molecule has 790 valence electrons. The van der Waals surface area contributed by atoms with Crippen LogP contribution in [0.3, 0.4) is 0 Å². The number of carboxylic acids is 2. The van der Waals surface area contributed by atoms with E-state index in [-0.39, 0.29) is 140 Å². The first kappa shape index (κ1) is 118. The number of aliphatic hydroxyl groups is 2. The van der Waals surface area contributed by atoms with Crippen molar-refractivity contribution in [3.8, 4) is 0 Å². The number of aromatic amines is 2. The molecule has 2 fully saturated rings. The Kier molecular flexibility index (Phi) is 54.1. The fourth-order valence-corrected chi connectivity index (χ4v) is 16.1. The van der Waals surface area contributed by atoms with Gasteiger partial charge in [0.15, 0.2) is 11.7 Å². The number of nitrogens with two attached hydrogens (primary N) is 3. The topological polar surface area (TPSA) is 754 Å². The molecule has 2 aliphatic heterocycles. The average molecular weight is 2010 g/mol. The highest BCUT2D eigenvalue weighted by molar-refractivity contribution is 6.01. The van der Waals surface area contributed by atoms with Crippen LogP contribution in [0.1, 0.15) is 217 Å². The van der Waals surface area contributed by atoms with Crippen LogP contribution in [0.25, 0.3) is 10.9 Å². The number of carbonyl (C=O) groups is 19. The fourth-order valence-electron chi connectivity index (χ4n) is 16.1. The molecule has 48 heteroatoms. The highest BCUT2D eigenvalue weighted by Crippen LogP contribution is 2.25. The van der Waals surface area contributed by atoms with Crippen molar-refractivity contribution >= 4 is 129 Å². The molecule has 0 spiro atoms. The Morgan fingerprint density at radius 3 is 1.79 bits per heavy atom. The Morgan fingerprint density at radius 1 is 0.559 bits per heavy atom. The highest BCUT2D eigenvalue weighted by atomic mass is 16.5. The van der Waals surface area contributed by atoms with Gasteiger partial charge in [-0.1, -0.05) is 133 Å². The molecule has 2 aliphatic rings. The van der Waals surface area contributed by atoms with Gasteiger partial charge in [-0.3, -0.25) is 96.5 Å². The molecule has 2 aromatic heterocycles. The maximum atomic E-state index is 15.4. The summed E-state index contributed by atoms with van der Waals surface area (Å²) in [6.07, 6.45) is 12.2. The van der Waals surface area contributed by atoms with Gasteiger partial charge < -0.3 is 142 Å². The highest BCUT2D eigenvalue weighted by Gasteiger charge is 2.45. The summed E-state index contributed by atoms with van der Waals surface area (Å²) in [5.41, 5.74) is 19.3. The number of benzene rings is 2. The van der Waals surface area contributed by atoms with Crippen LogP contribution in [0, 0.1) is 5.41 Å². The van der Waals surface area contributed by atoms with Crippen LogP contribution in [0.2, 0.25) is 0 Å². The van der Waals surface area contributed by atoms with E-state index >= 15 is 14.4 Å². The van der Waals surface area contributed by atoms with Crippen molar-refractivity contribution in [1.29, 1.82) is 5.41 Å². The second-order valence-corrected chi connectivity index (χ2v) is 35.5. The zero-order valence-electron chi connectivity index (χ0n) is 81.3. The standard InChI is InChI=1S/C95H145N23O25/c1-3-4-28-66(85(132)113-70-35-38-78(123)101-40-23-22-29-64(58(2)120)109-89(136)72(47-60-51-104-65-30-21-20-27-63(60)65)114-86(133)67(31-24-41-103-95(98)99)110-88(135)71(46-59-25-16-15-17-26-59)116-93(140)76-49-62(121)54-118(76)94(70)141)111-91(138)74(50-96)117-90(137)73(48-61-52-100-57-106-61)115-87(134)69(34-37-77(97)122)112-92(139)75(55-119)108-80(125)53-105-81(126)56-143-45-44-142-43-42-102-84(131)68(36-39-83(129)130)107-79(124)32-18-13-11-9-7-5-6-8-10-12-14-19-33-82(127)128/h15-17,20-21,25-27,30,51-52,57,62,64,66-76,104,119,121H,3-14,18-19,22-24,28-29,31-50,53-56,96H2,1-2H3,(H2,97,122)(H,100,106)(H,101,123)(H,102,131)(H,105,126)(H,107,124)(H,108,125)(H,109,136)(H,110,135)(H,111,138)(H,112,139)(H,113,132)(H,114,133)(H,115,134)(H,116,140)(H,117,137)(H,127,128)(H,129,130)(H4,98,99,103)/t62-,64+,66+,67+,68-,69-,70+,71-,72+,73+,74+,75+,76+/m1/s1. The number of ether oxygens (including phenoxy) is 2. The van der Waals surface area contributed by atoms with Crippen LogP contribution >= 0.6 is 0 Å². The van der Waals surface area contributed by atoms with Gasteiger partial charge in [0.05, 0.1) is 57.1 Å². The van der Waals surface area contributed by atoms with E-state index in [1.807, 2.05) is 18.2 Å². The number of aromatic nitrogens is 3. The van der Waals surface area contributed by atoms with Gasteiger partial charge in [-0.25, -0.2) is 4.98 Å². The lowest BCUT2D eigenvalue weighted by atomic mass is 10.0. The lowest BCUT2D eigenvalue weighted by Crippen LogP contribution is -2.62. The van der Waals surface area contributed by atoms with E-state index in [0.717, 1.165) is 80.0 Å². The van der Waals surface area contributed by atoms with Crippen molar-refractivity contribution in [2.45, 2.75) is 298 Å². The number of hydrogen-bond donors (Lipinski definition) is 25. The molecule has 0 saturated carbocycles. The average Bonchev–Trinajstić information content (AvgIpc) is 1.21. The first-order chi connectivity index (χ1) is 68.6. The van der Waals surface area contributed by atoms with E-state index in [4.69, 9.17) is 37.2 Å². The number of Topliss-reactive ketones (excluding diaryl/α,β-unsaturated/α-hetero) is 1. The number of amides is 16. The predicted octanol–water partition coefficient (Wildman–Crippen LogP) is -2.77. The molecule has 48 nitrogen and oxygen atoms in total. The van der Waals surface area contributed by atoms with Gasteiger partial charge in [-0.2, -0.15) is 0 Å². The summed E-state index contributed by atoms with van der Waals surface area (Å²) in [4.78, 5) is 271. The Bertz CT molecular complexity index is 4810. The number of unbranched alkanes of at least 4 members (excludes halogenated alkanes) is 12. The van der Waals surface area contributed by atoms with Crippen molar-refractivity contribution in [1.82, 2.24) is 99.6 Å². The maximum Gasteiger partial charge on any atom is 0.303 e. The van der Waals surface area contributed by atoms with Crippen molar-refractivity contribution in [2.24, 2.45) is 17.2 Å². The van der Waals surface area contributed by atoms with E-state index in [1.54, 1.807) is 49.5 Å². The summed E-state index contributed by atoms with van der Waals surface area (Å²) in [5.74, 6) is -17.1. The number of aliphatic hydroxyl groups excluding tert-OH is 2. The second-order valence-electron chi connectivity index (χ2n) is 35.5. The van der Waals surface area contributed by atoms with Crippen LogP contribution in [-0.4, -0.2) is 309 Å². The molecule has 4 heterocycles. The minimum absolute atomic E-state index is 0.0131. The van der Waals surface area contributed by atoms with E-state index in [1.165, 1.54) is 19.4 Å². The van der Waals surface area contributed by atoms with Gasteiger partial charge >= 0.3 is 11.9 Å². The number of guanidine groups is 1. The summed E-state index contributed by atoms with van der Waals surface area (Å²) < 4.78 is 10.8. The smallest absolute Gasteiger partial charge is 0.303 e. The minimum atomic E-state index is -1.81. The molecule has 13 atom stereocenters. The van der Waals surface area contributed by atoms with Crippen LogP contribution in [0.15, 0.2) is 73.3 Å². The fraction of sp³-hybridized carbons (Fsp3) is 0.611. The van der Waals surface area contributed by atoms with Gasteiger partial charge in [-0.15, -0.1) is 0 Å². The number of nitrogens with one attached hydrogen (secondary N) is 18. The quantitative estimate of drug-likeness (QED) is 0.0121.